The summed E-state index contributed by atoms with van der Waals surface area (Å²) in [4.78, 5) is 13.9. The molecule has 1 aromatic rings. The lowest BCUT2D eigenvalue weighted by Gasteiger charge is -2.29. The molecule has 0 saturated heterocycles. The van der Waals surface area contributed by atoms with Crippen LogP contribution in [0.5, 0.6) is 0 Å². The van der Waals surface area contributed by atoms with E-state index in [0.29, 0.717) is 18.1 Å². The molecule has 1 aliphatic rings. The molecule has 21 heavy (non-hydrogen) atoms. The Morgan fingerprint density at radius 3 is 2.95 bits per heavy atom. The molecule has 2 amide bonds. The molecule has 2 atom stereocenters. The van der Waals surface area contributed by atoms with Crippen LogP contribution in [-0.4, -0.2) is 39.7 Å². The zero-order chi connectivity index (χ0) is 15.4. The Labute approximate surface area is 133 Å². The van der Waals surface area contributed by atoms with Gasteiger partial charge in [0.15, 0.2) is 0 Å². The minimum absolute atomic E-state index is 0.0605. The summed E-state index contributed by atoms with van der Waals surface area (Å²) < 4.78 is 11.3. The molecule has 4 nitrogen and oxygen atoms in total. The monoisotopic (exact) mass is 328 g/mol. The van der Waals surface area contributed by atoms with E-state index in [9.17, 15) is 9.00 Å². The molecule has 0 fully saturated rings. The average Bonchev–Trinajstić information content (AvgIpc) is 2.45. The van der Waals surface area contributed by atoms with Crippen molar-refractivity contribution in [1.29, 1.82) is 0 Å². The van der Waals surface area contributed by atoms with Crippen LogP contribution in [0, 0.1) is 0 Å². The molecule has 0 aromatic heterocycles. The first kappa shape index (κ1) is 16.3. The van der Waals surface area contributed by atoms with Gasteiger partial charge in [-0.05, 0) is 36.1 Å². The van der Waals surface area contributed by atoms with Gasteiger partial charge in [-0.3, -0.25) is 4.21 Å². The number of nitrogens with zero attached hydrogens (tertiary/aromatic N) is 1. The summed E-state index contributed by atoms with van der Waals surface area (Å²) in [5, 5.41) is 3.71. The third-order valence-electron chi connectivity index (χ3n) is 3.86. The molecule has 1 aliphatic heterocycles. The van der Waals surface area contributed by atoms with E-state index in [0.717, 1.165) is 24.9 Å². The highest BCUT2D eigenvalue weighted by Crippen LogP contribution is 2.22. The summed E-state index contributed by atoms with van der Waals surface area (Å²) in [5.74, 6) is 0. The van der Waals surface area contributed by atoms with Crippen molar-refractivity contribution in [3.05, 3.63) is 34.3 Å². The highest BCUT2D eigenvalue weighted by molar-refractivity contribution is 7.84. The predicted octanol–water partition coefficient (Wildman–Crippen LogP) is 2.56. The molecule has 0 aliphatic carbocycles. The summed E-state index contributed by atoms with van der Waals surface area (Å²) in [5.41, 5.74) is 2.38. The van der Waals surface area contributed by atoms with Gasteiger partial charge in [-0.1, -0.05) is 24.6 Å². The number of halogens is 1. The fourth-order valence-electron chi connectivity index (χ4n) is 2.36. The molecule has 0 unspecified atom stereocenters. The first-order valence-corrected chi connectivity index (χ1v) is 9.09. The van der Waals surface area contributed by atoms with Crippen LogP contribution in [0.25, 0.3) is 0 Å². The normalized spacial score (nSPS) is 17.0. The van der Waals surface area contributed by atoms with Gasteiger partial charge < -0.3 is 10.2 Å². The van der Waals surface area contributed by atoms with Crippen molar-refractivity contribution >= 4 is 28.4 Å². The van der Waals surface area contributed by atoms with Crippen molar-refractivity contribution in [3.8, 4) is 0 Å². The highest BCUT2D eigenvalue weighted by Gasteiger charge is 2.20. The van der Waals surface area contributed by atoms with E-state index in [1.165, 1.54) is 5.56 Å². The molecule has 1 N–H and O–H groups in total. The van der Waals surface area contributed by atoms with Crippen molar-refractivity contribution in [2.24, 2.45) is 0 Å². The van der Waals surface area contributed by atoms with Crippen molar-refractivity contribution in [2.75, 3.05) is 19.3 Å². The Balaban J connectivity index is 1.86. The number of carbonyl (C=O) groups excluding carboxylic acids is 1. The maximum Gasteiger partial charge on any atom is 0.317 e. The number of amides is 2. The second-order valence-electron chi connectivity index (χ2n) is 5.41. The van der Waals surface area contributed by atoms with Gasteiger partial charge in [0.25, 0.3) is 0 Å². The number of urea groups is 1. The molecule has 0 radical (unpaired) electrons. The van der Waals surface area contributed by atoms with Gasteiger partial charge in [0.05, 0.1) is 0 Å². The summed E-state index contributed by atoms with van der Waals surface area (Å²) in [7, 11) is -0.842. The number of hydrogen-bond donors (Lipinski definition) is 1. The van der Waals surface area contributed by atoms with Gasteiger partial charge >= 0.3 is 6.03 Å². The fraction of sp³-hybridized carbons (Fsp3) is 0.533. The van der Waals surface area contributed by atoms with Gasteiger partial charge in [-0.15, -0.1) is 0 Å². The van der Waals surface area contributed by atoms with E-state index in [2.05, 4.69) is 5.32 Å². The van der Waals surface area contributed by atoms with Crippen LogP contribution < -0.4 is 5.32 Å². The van der Waals surface area contributed by atoms with Crippen molar-refractivity contribution in [1.82, 2.24) is 10.2 Å². The Kier molecular flexibility index (Phi) is 5.65. The van der Waals surface area contributed by atoms with Crippen LogP contribution in [0.15, 0.2) is 18.2 Å². The van der Waals surface area contributed by atoms with Gasteiger partial charge in [0, 0.05) is 47.0 Å². The number of carbonyl (C=O) groups is 1. The van der Waals surface area contributed by atoms with E-state index in [1.54, 1.807) is 11.2 Å². The average molecular weight is 329 g/mol. The molecular formula is C15H21ClN2O2S. The largest absolute Gasteiger partial charge is 0.338 e. The molecule has 6 heteroatoms. The van der Waals surface area contributed by atoms with Gasteiger partial charge in [-0.25, -0.2) is 4.79 Å². The summed E-state index contributed by atoms with van der Waals surface area (Å²) in [6, 6.07) is 5.79. The zero-order valence-electron chi connectivity index (χ0n) is 12.4. The summed E-state index contributed by atoms with van der Waals surface area (Å²) >= 11 is 6.00. The Morgan fingerprint density at radius 2 is 2.24 bits per heavy atom. The van der Waals surface area contributed by atoms with E-state index in [1.807, 2.05) is 25.1 Å². The maximum atomic E-state index is 12.2. The number of hydrogen-bond acceptors (Lipinski definition) is 2. The molecule has 1 heterocycles. The third kappa shape index (κ3) is 4.45. The molecule has 1 aromatic carbocycles. The second kappa shape index (κ2) is 7.27. The van der Waals surface area contributed by atoms with Crippen molar-refractivity contribution < 1.29 is 9.00 Å². The molecule has 0 saturated carbocycles. The Hall–Kier alpha value is -1.07. The highest BCUT2D eigenvalue weighted by atomic mass is 35.5. The molecule has 0 spiro atoms. The van der Waals surface area contributed by atoms with Crippen molar-refractivity contribution in [2.45, 2.75) is 31.6 Å². The molecular weight excluding hydrogens is 308 g/mol. The summed E-state index contributed by atoms with van der Waals surface area (Å²) in [6.07, 6.45) is 3.28. The second-order valence-corrected chi connectivity index (χ2v) is 7.65. The zero-order valence-corrected chi connectivity index (χ0v) is 14.0. The Bertz CT molecular complexity index is 550. The van der Waals surface area contributed by atoms with E-state index < -0.39 is 10.8 Å². The number of benzene rings is 1. The van der Waals surface area contributed by atoms with Gasteiger partial charge in [0.2, 0.25) is 0 Å². The van der Waals surface area contributed by atoms with Crippen LogP contribution in [0.2, 0.25) is 5.02 Å². The van der Waals surface area contributed by atoms with Crippen LogP contribution in [0.1, 0.15) is 24.5 Å². The van der Waals surface area contributed by atoms with Crippen LogP contribution in [0.3, 0.4) is 0 Å². The van der Waals surface area contributed by atoms with Crippen LogP contribution in [0.4, 0.5) is 4.79 Å². The predicted molar refractivity (Wildman–Crippen MR) is 87.1 cm³/mol. The van der Waals surface area contributed by atoms with Crippen LogP contribution >= 0.6 is 11.6 Å². The summed E-state index contributed by atoms with van der Waals surface area (Å²) in [6.45, 7) is 3.80. The standard InChI is InChI=1S/C15H21ClN2O2S/c1-11(21(2)20)5-7-17-15(19)18-8-6-12-3-4-14(16)9-13(12)10-18/h3-4,9,11H,5-8,10H2,1-2H3,(H,17,19)/t11-,21-/m1/s1. The third-order valence-corrected chi connectivity index (χ3v) is 5.47. The van der Waals surface area contributed by atoms with E-state index in [4.69, 9.17) is 11.6 Å². The number of rotatable bonds is 4. The van der Waals surface area contributed by atoms with Gasteiger partial charge in [-0.2, -0.15) is 0 Å². The topological polar surface area (TPSA) is 49.4 Å². The fourth-order valence-corrected chi connectivity index (χ4v) is 3.00. The first-order valence-electron chi connectivity index (χ1n) is 7.09. The Morgan fingerprint density at radius 1 is 1.48 bits per heavy atom. The maximum absolute atomic E-state index is 12.2. The minimum Gasteiger partial charge on any atom is -0.338 e. The van der Waals surface area contributed by atoms with Gasteiger partial charge in [0.1, 0.15) is 0 Å². The molecule has 116 valence electrons. The minimum atomic E-state index is -0.842. The molecule has 0 bridgehead atoms. The molecule has 2 rings (SSSR count). The van der Waals surface area contributed by atoms with Crippen LogP contribution in [-0.2, 0) is 23.8 Å². The lowest BCUT2D eigenvalue weighted by atomic mass is 10.0. The number of fused-ring (bicyclic) bond motifs is 1. The smallest absolute Gasteiger partial charge is 0.317 e. The quantitative estimate of drug-likeness (QED) is 0.923. The SMILES string of the molecule is C[C@H](CCNC(=O)N1CCc2ccc(Cl)cc2C1)[S@@](C)=O. The number of nitrogens with one attached hydrogen (secondary N) is 1. The van der Waals surface area contributed by atoms with E-state index in [-0.39, 0.29) is 11.3 Å². The van der Waals surface area contributed by atoms with E-state index >= 15 is 0 Å². The lowest BCUT2D eigenvalue weighted by molar-refractivity contribution is 0.192. The van der Waals surface area contributed by atoms with Crippen molar-refractivity contribution in [3.63, 3.8) is 0 Å². The lowest BCUT2D eigenvalue weighted by Crippen LogP contribution is -2.43. The first-order chi connectivity index (χ1) is 9.97.